The average Bonchev–Trinajstić information content (AvgIpc) is 2.37. The van der Waals surface area contributed by atoms with Gasteiger partial charge < -0.3 is 9.84 Å². The molecule has 21 heavy (non-hydrogen) atoms. The maximum atomic E-state index is 12.4. The van der Waals surface area contributed by atoms with Crippen LogP contribution in [-0.2, 0) is 20.5 Å². The van der Waals surface area contributed by atoms with E-state index in [1.807, 2.05) is 0 Å². The van der Waals surface area contributed by atoms with Crippen molar-refractivity contribution >= 4 is 11.9 Å². The summed E-state index contributed by atoms with van der Waals surface area (Å²) in [5, 5.41) is 8.57. The number of halogens is 3. The number of hydrogen-bond donors (Lipinski definition) is 1. The second-order valence-electron chi connectivity index (χ2n) is 4.34. The SMILES string of the molecule is C=C(CC(=O)OC(C)c1ccc(C(F)(F)F)cc1)C(=O)O. The molecule has 0 aliphatic carbocycles. The highest BCUT2D eigenvalue weighted by Crippen LogP contribution is 2.30. The molecule has 0 bridgehead atoms. The normalized spacial score (nSPS) is 12.6. The van der Waals surface area contributed by atoms with Crippen LogP contribution < -0.4 is 0 Å². The van der Waals surface area contributed by atoms with E-state index in [2.05, 4.69) is 6.58 Å². The standard InChI is InChI=1S/C14H13F3O4/c1-8(13(19)20)7-12(18)21-9(2)10-3-5-11(6-4-10)14(15,16)17/h3-6,9H,1,7H2,2H3,(H,19,20). The minimum absolute atomic E-state index is 0.320. The molecule has 1 N–H and O–H groups in total. The van der Waals surface area contributed by atoms with Gasteiger partial charge in [0.1, 0.15) is 6.10 Å². The Morgan fingerprint density at radius 2 is 1.81 bits per heavy atom. The topological polar surface area (TPSA) is 63.6 Å². The largest absolute Gasteiger partial charge is 0.478 e. The first-order valence-electron chi connectivity index (χ1n) is 5.89. The maximum absolute atomic E-state index is 12.4. The molecule has 0 saturated heterocycles. The van der Waals surface area contributed by atoms with Crippen LogP contribution in [0.2, 0.25) is 0 Å². The van der Waals surface area contributed by atoms with Crippen molar-refractivity contribution in [2.24, 2.45) is 0 Å². The number of benzene rings is 1. The predicted molar refractivity (Wildman–Crippen MR) is 67.3 cm³/mol. The van der Waals surface area contributed by atoms with Gasteiger partial charge in [-0.2, -0.15) is 13.2 Å². The van der Waals surface area contributed by atoms with E-state index in [1.54, 1.807) is 0 Å². The van der Waals surface area contributed by atoms with Gasteiger partial charge in [0.15, 0.2) is 0 Å². The number of aliphatic carboxylic acids is 1. The van der Waals surface area contributed by atoms with Gasteiger partial charge in [0.05, 0.1) is 12.0 Å². The van der Waals surface area contributed by atoms with E-state index in [0.717, 1.165) is 12.1 Å². The molecule has 114 valence electrons. The van der Waals surface area contributed by atoms with Crippen molar-refractivity contribution in [1.29, 1.82) is 0 Å². The van der Waals surface area contributed by atoms with Gasteiger partial charge in [0.2, 0.25) is 0 Å². The smallest absolute Gasteiger partial charge is 0.416 e. The van der Waals surface area contributed by atoms with Crippen LogP contribution in [0, 0.1) is 0 Å². The van der Waals surface area contributed by atoms with E-state index in [4.69, 9.17) is 9.84 Å². The van der Waals surface area contributed by atoms with Gasteiger partial charge in [-0.1, -0.05) is 18.7 Å². The second kappa shape index (κ2) is 6.43. The summed E-state index contributed by atoms with van der Waals surface area (Å²) >= 11 is 0. The Hall–Kier alpha value is -2.31. The molecule has 0 radical (unpaired) electrons. The number of ether oxygens (including phenoxy) is 1. The van der Waals surface area contributed by atoms with Gasteiger partial charge in [0, 0.05) is 5.57 Å². The lowest BCUT2D eigenvalue weighted by atomic mass is 10.1. The molecule has 1 atom stereocenters. The third-order valence-electron chi connectivity index (χ3n) is 2.68. The quantitative estimate of drug-likeness (QED) is 0.669. The molecule has 1 aromatic carbocycles. The van der Waals surface area contributed by atoms with Crippen LogP contribution in [0.4, 0.5) is 13.2 Å². The Morgan fingerprint density at radius 3 is 2.24 bits per heavy atom. The highest BCUT2D eigenvalue weighted by Gasteiger charge is 2.30. The Kier molecular flexibility index (Phi) is 5.12. The minimum atomic E-state index is -4.43. The number of esters is 1. The summed E-state index contributed by atoms with van der Waals surface area (Å²) in [4.78, 5) is 21.9. The number of rotatable bonds is 5. The first-order chi connectivity index (χ1) is 9.61. The fraction of sp³-hybridized carbons (Fsp3) is 0.286. The van der Waals surface area contributed by atoms with Gasteiger partial charge in [-0.25, -0.2) is 4.79 Å². The molecule has 0 spiro atoms. The van der Waals surface area contributed by atoms with E-state index < -0.39 is 36.2 Å². The zero-order chi connectivity index (χ0) is 16.2. The summed E-state index contributed by atoms with van der Waals surface area (Å²) in [5.41, 5.74) is -0.749. The zero-order valence-corrected chi connectivity index (χ0v) is 11.1. The van der Waals surface area contributed by atoms with Crippen LogP contribution >= 0.6 is 0 Å². The highest BCUT2D eigenvalue weighted by molar-refractivity contribution is 5.91. The summed E-state index contributed by atoms with van der Waals surface area (Å²) in [7, 11) is 0. The monoisotopic (exact) mass is 302 g/mol. The minimum Gasteiger partial charge on any atom is -0.478 e. The van der Waals surface area contributed by atoms with Gasteiger partial charge in [0.25, 0.3) is 0 Å². The van der Waals surface area contributed by atoms with Crippen molar-refractivity contribution < 1.29 is 32.6 Å². The number of carbonyl (C=O) groups excluding carboxylic acids is 1. The molecule has 0 aliphatic heterocycles. The lowest BCUT2D eigenvalue weighted by molar-refractivity contribution is -0.149. The van der Waals surface area contributed by atoms with E-state index in [-0.39, 0.29) is 5.57 Å². The molecular weight excluding hydrogens is 289 g/mol. The molecule has 0 amide bonds. The molecule has 0 saturated carbocycles. The van der Waals surface area contributed by atoms with Crippen LogP contribution in [0.25, 0.3) is 0 Å². The Labute approximate surface area is 118 Å². The van der Waals surface area contributed by atoms with Crippen LogP contribution in [0.1, 0.15) is 30.6 Å². The van der Waals surface area contributed by atoms with Crippen LogP contribution in [0.3, 0.4) is 0 Å². The van der Waals surface area contributed by atoms with Gasteiger partial charge in [-0.05, 0) is 24.6 Å². The molecule has 0 heterocycles. The lowest BCUT2D eigenvalue weighted by Crippen LogP contribution is -2.12. The molecule has 0 fully saturated rings. The lowest BCUT2D eigenvalue weighted by Gasteiger charge is -2.14. The first kappa shape index (κ1) is 16.7. The number of carboxylic acid groups (broad SMARTS) is 1. The van der Waals surface area contributed by atoms with Crippen LogP contribution in [0.5, 0.6) is 0 Å². The second-order valence-corrected chi connectivity index (χ2v) is 4.34. The molecule has 0 aromatic heterocycles. The van der Waals surface area contributed by atoms with E-state index >= 15 is 0 Å². The van der Waals surface area contributed by atoms with Crippen molar-refractivity contribution in [2.75, 3.05) is 0 Å². The van der Waals surface area contributed by atoms with Crippen LogP contribution in [0.15, 0.2) is 36.4 Å². The van der Waals surface area contributed by atoms with Gasteiger partial charge in [-0.3, -0.25) is 4.79 Å². The third-order valence-corrected chi connectivity index (χ3v) is 2.68. The summed E-state index contributed by atoms with van der Waals surface area (Å²) in [5.74, 6) is -2.12. The first-order valence-corrected chi connectivity index (χ1v) is 5.89. The fourth-order valence-electron chi connectivity index (χ4n) is 1.50. The van der Waals surface area contributed by atoms with Crippen molar-refractivity contribution in [1.82, 2.24) is 0 Å². The van der Waals surface area contributed by atoms with E-state index in [1.165, 1.54) is 19.1 Å². The Bertz CT molecular complexity index is 546. The predicted octanol–water partition coefficient (Wildman–Crippen LogP) is 3.34. The van der Waals surface area contributed by atoms with Crippen molar-refractivity contribution in [2.45, 2.75) is 25.6 Å². The average molecular weight is 302 g/mol. The summed E-state index contributed by atoms with van der Waals surface area (Å²) in [6, 6.07) is 4.17. The molecular formula is C14H13F3O4. The molecule has 1 aromatic rings. The number of carboxylic acids is 1. The van der Waals surface area contributed by atoms with Crippen molar-refractivity contribution in [3.05, 3.63) is 47.5 Å². The maximum Gasteiger partial charge on any atom is 0.416 e. The highest BCUT2D eigenvalue weighted by atomic mass is 19.4. The Balaban J connectivity index is 2.68. The van der Waals surface area contributed by atoms with Crippen molar-refractivity contribution in [3.8, 4) is 0 Å². The summed E-state index contributed by atoms with van der Waals surface area (Å²) < 4.78 is 42.1. The fourth-order valence-corrected chi connectivity index (χ4v) is 1.50. The third kappa shape index (κ3) is 4.94. The number of carbonyl (C=O) groups is 2. The molecule has 7 heteroatoms. The molecule has 0 aliphatic rings. The summed E-state index contributed by atoms with van der Waals surface area (Å²) in [6.07, 6.45) is -5.71. The van der Waals surface area contributed by atoms with E-state index in [0.29, 0.717) is 5.56 Å². The molecule has 1 unspecified atom stereocenters. The summed E-state index contributed by atoms with van der Waals surface area (Å²) in [6.45, 7) is 4.66. The molecule has 4 nitrogen and oxygen atoms in total. The van der Waals surface area contributed by atoms with Gasteiger partial charge >= 0.3 is 18.1 Å². The van der Waals surface area contributed by atoms with Gasteiger partial charge in [-0.15, -0.1) is 0 Å². The van der Waals surface area contributed by atoms with Crippen LogP contribution in [-0.4, -0.2) is 17.0 Å². The van der Waals surface area contributed by atoms with Crippen molar-refractivity contribution in [3.63, 3.8) is 0 Å². The van der Waals surface area contributed by atoms with E-state index in [9.17, 15) is 22.8 Å². The number of alkyl halides is 3. The number of hydrogen-bond acceptors (Lipinski definition) is 3. The zero-order valence-electron chi connectivity index (χ0n) is 11.1. The Morgan fingerprint density at radius 1 is 1.29 bits per heavy atom. The molecule has 1 rings (SSSR count).